The second kappa shape index (κ2) is 6.34. The number of nitrogens with two attached hydrogens (primary N) is 1. The molecule has 4 N–H and O–H groups in total. The maximum absolute atomic E-state index is 12.0. The van der Waals surface area contributed by atoms with Crippen LogP contribution in [0.1, 0.15) is 5.56 Å². The summed E-state index contributed by atoms with van der Waals surface area (Å²) < 4.78 is 26.3. The molecular weight excluding hydrogens is 310 g/mol. The standard InChI is InChI=1S/C14H16ClN3O2S/c1-17-21(19,20)14-8-12(16)5-6-13(14)18-9-10-3-2-4-11(15)7-10/h2-8,17-18H,9,16H2,1H3. The van der Waals surface area contributed by atoms with Crippen LogP contribution in [0.25, 0.3) is 0 Å². The highest BCUT2D eigenvalue weighted by Gasteiger charge is 2.16. The van der Waals surface area contributed by atoms with Gasteiger partial charge in [-0.2, -0.15) is 0 Å². The van der Waals surface area contributed by atoms with E-state index in [0.29, 0.717) is 22.9 Å². The van der Waals surface area contributed by atoms with Gasteiger partial charge in [-0.1, -0.05) is 23.7 Å². The van der Waals surface area contributed by atoms with Gasteiger partial charge in [0, 0.05) is 17.3 Å². The van der Waals surface area contributed by atoms with E-state index in [9.17, 15) is 8.42 Å². The molecule has 0 amide bonds. The van der Waals surface area contributed by atoms with Crippen LogP contribution in [-0.2, 0) is 16.6 Å². The predicted molar refractivity (Wildman–Crippen MR) is 85.9 cm³/mol. The number of benzene rings is 2. The summed E-state index contributed by atoms with van der Waals surface area (Å²) in [4.78, 5) is 0.118. The summed E-state index contributed by atoms with van der Waals surface area (Å²) in [7, 11) is -2.22. The minimum Gasteiger partial charge on any atom is -0.399 e. The van der Waals surface area contributed by atoms with Crippen LogP contribution in [0.4, 0.5) is 11.4 Å². The van der Waals surface area contributed by atoms with Gasteiger partial charge in [-0.15, -0.1) is 0 Å². The van der Waals surface area contributed by atoms with Crippen molar-refractivity contribution in [2.45, 2.75) is 11.4 Å². The van der Waals surface area contributed by atoms with E-state index in [-0.39, 0.29) is 4.90 Å². The van der Waals surface area contributed by atoms with E-state index < -0.39 is 10.0 Å². The van der Waals surface area contributed by atoms with Crippen molar-refractivity contribution < 1.29 is 8.42 Å². The van der Waals surface area contributed by atoms with Crippen LogP contribution in [0.3, 0.4) is 0 Å². The summed E-state index contributed by atoms with van der Waals surface area (Å²) >= 11 is 5.92. The first-order valence-corrected chi connectivity index (χ1v) is 8.10. The van der Waals surface area contributed by atoms with Gasteiger partial charge in [-0.3, -0.25) is 0 Å². The van der Waals surface area contributed by atoms with Gasteiger partial charge in [-0.25, -0.2) is 13.1 Å². The second-order valence-electron chi connectivity index (χ2n) is 4.45. The quantitative estimate of drug-likeness (QED) is 0.737. The van der Waals surface area contributed by atoms with Crippen molar-refractivity contribution in [3.63, 3.8) is 0 Å². The Kier molecular flexibility index (Phi) is 4.72. The van der Waals surface area contributed by atoms with E-state index in [1.165, 1.54) is 13.1 Å². The lowest BCUT2D eigenvalue weighted by atomic mass is 10.2. The molecule has 0 aliphatic heterocycles. The number of halogens is 1. The summed E-state index contributed by atoms with van der Waals surface area (Å²) in [5, 5.41) is 3.73. The van der Waals surface area contributed by atoms with E-state index in [2.05, 4.69) is 10.0 Å². The lowest BCUT2D eigenvalue weighted by Crippen LogP contribution is -2.20. The third-order valence-corrected chi connectivity index (χ3v) is 4.63. The molecule has 7 heteroatoms. The predicted octanol–water partition coefficient (Wildman–Crippen LogP) is 2.44. The molecule has 0 saturated carbocycles. The molecule has 0 heterocycles. The number of nitrogens with one attached hydrogen (secondary N) is 2. The summed E-state index contributed by atoms with van der Waals surface area (Å²) in [6, 6.07) is 12.1. The molecular formula is C14H16ClN3O2S. The molecule has 2 aromatic carbocycles. The van der Waals surface area contributed by atoms with E-state index in [4.69, 9.17) is 17.3 Å². The van der Waals surface area contributed by atoms with Gasteiger partial charge in [0.15, 0.2) is 0 Å². The number of sulfonamides is 1. The zero-order chi connectivity index (χ0) is 15.5. The Morgan fingerprint density at radius 3 is 2.62 bits per heavy atom. The van der Waals surface area contributed by atoms with Crippen LogP contribution in [0, 0.1) is 0 Å². The maximum atomic E-state index is 12.0. The van der Waals surface area contributed by atoms with Crippen molar-refractivity contribution in [3.05, 3.63) is 53.1 Å². The van der Waals surface area contributed by atoms with Crippen molar-refractivity contribution >= 4 is 33.0 Å². The van der Waals surface area contributed by atoms with Crippen molar-refractivity contribution in [2.24, 2.45) is 0 Å². The van der Waals surface area contributed by atoms with Crippen LogP contribution < -0.4 is 15.8 Å². The molecule has 0 saturated heterocycles. The van der Waals surface area contributed by atoms with Crippen molar-refractivity contribution in [3.8, 4) is 0 Å². The van der Waals surface area contributed by atoms with Crippen molar-refractivity contribution in [2.75, 3.05) is 18.1 Å². The van der Waals surface area contributed by atoms with Crippen LogP contribution in [0.2, 0.25) is 5.02 Å². The fourth-order valence-corrected chi connectivity index (χ4v) is 3.02. The van der Waals surface area contributed by atoms with Gasteiger partial charge >= 0.3 is 0 Å². The molecule has 5 nitrogen and oxygen atoms in total. The average molecular weight is 326 g/mol. The molecule has 0 atom stereocenters. The fourth-order valence-electron chi connectivity index (χ4n) is 1.86. The summed E-state index contributed by atoms with van der Waals surface area (Å²) in [5.74, 6) is 0. The SMILES string of the molecule is CNS(=O)(=O)c1cc(N)ccc1NCc1cccc(Cl)c1. The normalized spacial score (nSPS) is 11.3. The maximum Gasteiger partial charge on any atom is 0.242 e. The zero-order valence-electron chi connectivity index (χ0n) is 11.4. The Bertz CT molecular complexity index is 748. The monoisotopic (exact) mass is 325 g/mol. The number of hydrogen-bond acceptors (Lipinski definition) is 4. The molecule has 0 fully saturated rings. The van der Waals surface area contributed by atoms with E-state index in [1.807, 2.05) is 18.2 Å². The number of rotatable bonds is 5. The molecule has 2 rings (SSSR count). The highest BCUT2D eigenvalue weighted by atomic mass is 35.5. The molecule has 0 unspecified atom stereocenters. The van der Waals surface area contributed by atoms with Crippen molar-refractivity contribution in [1.82, 2.24) is 4.72 Å². The molecule has 0 spiro atoms. The highest BCUT2D eigenvalue weighted by Crippen LogP contribution is 2.24. The third kappa shape index (κ3) is 3.87. The lowest BCUT2D eigenvalue weighted by molar-refractivity contribution is 0.588. The Morgan fingerprint density at radius 2 is 1.95 bits per heavy atom. The van der Waals surface area contributed by atoms with Gasteiger partial charge in [0.25, 0.3) is 0 Å². The lowest BCUT2D eigenvalue weighted by Gasteiger charge is -2.13. The first kappa shape index (κ1) is 15.6. The largest absolute Gasteiger partial charge is 0.399 e. The Morgan fingerprint density at radius 1 is 1.19 bits per heavy atom. The third-order valence-electron chi connectivity index (χ3n) is 2.94. The number of nitrogen functional groups attached to an aromatic ring is 1. The number of anilines is 2. The molecule has 21 heavy (non-hydrogen) atoms. The minimum atomic E-state index is -3.58. The van der Waals surface area contributed by atoms with E-state index >= 15 is 0 Å². The molecule has 0 aliphatic rings. The average Bonchev–Trinajstić information content (AvgIpc) is 2.46. The Hall–Kier alpha value is -1.76. The molecule has 112 valence electrons. The molecule has 0 aliphatic carbocycles. The van der Waals surface area contributed by atoms with Crippen LogP contribution >= 0.6 is 11.6 Å². The molecule has 0 bridgehead atoms. The van der Waals surface area contributed by atoms with Crippen molar-refractivity contribution in [1.29, 1.82) is 0 Å². The van der Waals surface area contributed by atoms with E-state index in [1.54, 1.807) is 18.2 Å². The first-order valence-electron chi connectivity index (χ1n) is 6.24. The molecule has 0 aromatic heterocycles. The number of hydrogen-bond donors (Lipinski definition) is 3. The first-order chi connectivity index (χ1) is 9.92. The molecule has 0 radical (unpaired) electrons. The summed E-state index contributed by atoms with van der Waals surface area (Å²) in [6.07, 6.45) is 0. The van der Waals surface area contributed by atoms with Gasteiger partial charge in [0.05, 0.1) is 5.69 Å². The Labute approximate surface area is 129 Å². The van der Waals surface area contributed by atoms with Gasteiger partial charge in [-0.05, 0) is 42.9 Å². The van der Waals surface area contributed by atoms with Gasteiger partial charge < -0.3 is 11.1 Å². The zero-order valence-corrected chi connectivity index (χ0v) is 13.0. The second-order valence-corrected chi connectivity index (χ2v) is 6.74. The smallest absolute Gasteiger partial charge is 0.242 e. The minimum absolute atomic E-state index is 0.118. The summed E-state index contributed by atoms with van der Waals surface area (Å²) in [6.45, 7) is 0.455. The highest BCUT2D eigenvalue weighted by molar-refractivity contribution is 7.89. The summed E-state index contributed by atoms with van der Waals surface area (Å²) in [5.41, 5.74) is 7.49. The van der Waals surface area contributed by atoms with E-state index in [0.717, 1.165) is 5.56 Å². The van der Waals surface area contributed by atoms with Gasteiger partial charge in [0.1, 0.15) is 4.90 Å². The molecule has 2 aromatic rings. The Balaban J connectivity index is 2.28. The van der Waals surface area contributed by atoms with Crippen LogP contribution in [0.5, 0.6) is 0 Å². The van der Waals surface area contributed by atoms with Gasteiger partial charge in [0.2, 0.25) is 10.0 Å². The fraction of sp³-hybridized carbons (Fsp3) is 0.143. The topological polar surface area (TPSA) is 84.2 Å². The van der Waals surface area contributed by atoms with Crippen LogP contribution in [-0.4, -0.2) is 15.5 Å². The van der Waals surface area contributed by atoms with Crippen LogP contribution in [0.15, 0.2) is 47.4 Å².